The predicted molar refractivity (Wildman–Crippen MR) is 108 cm³/mol. The molecule has 1 aromatic carbocycles. The zero-order chi connectivity index (χ0) is 20.3. The minimum atomic E-state index is -0.433. The van der Waals surface area contributed by atoms with Crippen LogP contribution in [0.1, 0.15) is 20.8 Å². The summed E-state index contributed by atoms with van der Waals surface area (Å²) in [7, 11) is 1.34. The van der Waals surface area contributed by atoms with Crippen molar-refractivity contribution in [2.45, 2.75) is 13.8 Å². The number of nitrogens with zero attached hydrogens (tertiary/aromatic N) is 1. The van der Waals surface area contributed by atoms with Gasteiger partial charge in [-0.3, -0.25) is 4.79 Å². The number of benzene rings is 1. The molecule has 1 saturated heterocycles. The van der Waals surface area contributed by atoms with Gasteiger partial charge in [-0.15, -0.1) is 11.3 Å². The van der Waals surface area contributed by atoms with E-state index in [2.05, 4.69) is 10.2 Å². The van der Waals surface area contributed by atoms with Gasteiger partial charge in [0.1, 0.15) is 10.8 Å². The number of halogens is 1. The normalized spacial score (nSPS) is 14.8. The zero-order valence-electron chi connectivity index (χ0n) is 16.3. The van der Waals surface area contributed by atoms with E-state index in [1.54, 1.807) is 12.1 Å². The zero-order valence-corrected chi connectivity index (χ0v) is 17.1. The first-order chi connectivity index (χ1) is 13.4. The number of hydrogen-bond donors (Lipinski definition) is 2. The van der Waals surface area contributed by atoms with Gasteiger partial charge in [0, 0.05) is 10.6 Å². The standard InChI is InChI=1S/C20H24FN3O3S/c1-13-14(2)28-19(18(13)20(26)27-3)22-17(25)12-23-8-10-24(11-9-23)16-6-4-15(21)5-7-16/h4-7H,8-12H2,1-3H3,(H,22,25)/p+1. The number of carbonyl (C=O) groups excluding carboxylic acids is 2. The Morgan fingerprint density at radius 1 is 1.21 bits per heavy atom. The number of quaternary nitrogens is 1. The number of amides is 1. The average Bonchev–Trinajstić information content (AvgIpc) is 2.95. The molecule has 1 amide bonds. The molecule has 1 fully saturated rings. The number of nitrogens with one attached hydrogen (secondary N) is 2. The summed E-state index contributed by atoms with van der Waals surface area (Å²) >= 11 is 1.39. The van der Waals surface area contributed by atoms with Crippen LogP contribution in [-0.2, 0) is 9.53 Å². The molecule has 0 atom stereocenters. The number of thiophene rings is 1. The van der Waals surface area contributed by atoms with E-state index >= 15 is 0 Å². The summed E-state index contributed by atoms with van der Waals surface area (Å²) in [6, 6.07) is 6.49. The second kappa shape index (κ2) is 8.70. The number of esters is 1. The molecule has 1 aliphatic heterocycles. The number of piperazine rings is 1. The molecule has 0 spiro atoms. The Kier molecular flexibility index (Phi) is 6.31. The van der Waals surface area contributed by atoms with Crippen LogP contribution in [0.3, 0.4) is 0 Å². The minimum absolute atomic E-state index is 0.114. The molecule has 6 nitrogen and oxygen atoms in total. The fourth-order valence-electron chi connectivity index (χ4n) is 3.37. The van der Waals surface area contributed by atoms with E-state index in [1.165, 1.54) is 35.5 Å². The first-order valence-electron chi connectivity index (χ1n) is 9.21. The molecule has 0 bridgehead atoms. The molecule has 3 rings (SSSR count). The van der Waals surface area contributed by atoms with E-state index in [0.717, 1.165) is 42.3 Å². The van der Waals surface area contributed by atoms with E-state index in [-0.39, 0.29) is 11.7 Å². The van der Waals surface area contributed by atoms with Crippen LogP contribution in [-0.4, -0.2) is 51.7 Å². The van der Waals surface area contributed by atoms with Gasteiger partial charge in [0.2, 0.25) is 0 Å². The molecule has 0 saturated carbocycles. The first kappa shape index (κ1) is 20.3. The lowest BCUT2D eigenvalue weighted by Crippen LogP contribution is -3.15. The largest absolute Gasteiger partial charge is 0.465 e. The van der Waals surface area contributed by atoms with E-state index in [1.807, 2.05) is 13.8 Å². The van der Waals surface area contributed by atoms with E-state index in [4.69, 9.17) is 4.74 Å². The molecule has 8 heteroatoms. The summed E-state index contributed by atoms with van der Waals surface area (Å²) < 4.78 is 17.9. The van der Waals surface area contributed by atoms with Gasteiger partial charge in [-0.1, -0.05) is 0 Å². The summed E-state index contributed by atoms with van der Waals surface area (Å²) in [6.07, 6.45) is 0. The van der Waals surface area contributed by atoms with Gasteiger partial charge in [-0.05, 0) is 43.7 Å². The van der Waals surface area contributed by atoms with Crippen molar-refractivity contribution in [1.82, 2.24) is 0 Å². The first-order valence-corrected chi connectivity index (χ1v) is 10.0. The molecule has 0 radical (unpaired) electrons. The minimum Gasteiger partial charge on any atom is -0.465 e. The van der Waals surface area contributed by atoms with Crippen LogP contribution >= 0.6 is 11.3 Å². The molecular weight excluding hydrogens is 381 g/mol. The van der Waals surface area contributed by atoms with Crippen molar-refractivity contribution in [2.24, 2.45) is 0 Å². The van der Waals surface area contributed by atoms with Crippen molar-refractivity contribution in [3.63, 3.8) is 0 Å². The Labute approximate surface area is 167 Å². The lowest BCUT2D eigenvalue weighted by molar-refractivity contribution is -0.892. The number of ether oxygens (including phenoxy) is 1. The number of hydrogen-bond acceptors (Lipinski definition) is 5. The molecule has 150 valence electrons. The summed E-state index contributed by atoms with van der Waals surface area (Å²) in [5.74, 6) is -0.788. The van der Waals surface area contributed by atoms with Gasteiger partial charge in [-0.2, -0.15) is 0 Å². The van der Waals surface area contributed by atoms with Crippen molar-refractivity contribution in [1.29, 1.82) is 0 Å². The monoisotopic (exact) mass is 406 g/mol. The fraction of sp³-hybridized carbons (Fsp3) is 0.400. The maximum Gasteiger partial charge on any atom is 0.341 e. The van der Waals surface area contributed by atoms with Crippen LogP contribution in [0.2, 0.25) is 0 Å². The molecule has 2 heterocycles. The van der Waals surface area contributed by atoms with Gasteiger partial charge >= 0.3 is 5.97 Å². The smallest absolute Gasteiger partial charge is 0.341 e. The maximum atomic E-state index is 13.1. The maximum absolute atomic E-state index is 13.1. The highest BCUT2D eigenvalue weighted by Crippen LogP contribution is 2.32. The highest BCUT2D eigenvalue weighted by atomic mass is 32.1. The summed E-state index contributed by atoms with van der Waals surface area (Å²) in [5.41, 5.74) is 2.28. The second-order valence-electron chi connectivity index (χ2n) is 6.92. The second-order valence-corrected chi connectivity index (χ2v) is 8.14. The van der Waals surface area contributed by atoms with Gasteiger partial charge in [0.15, 0.2) is 6.54 Å². The molecule has 1 aliphatic rings. The number of rotatable bonds is 5. The van der Waals surface area contributed by atoms with E-state index < -0.39 is 5.97 Å². The Morgan fingerprint density at radius 3 is 2.46 bits per heavy atom. The lowest BCUT2D eigenvalue weighted by atomic mass is 10.1. The van der Waals surface area contributed by atoms with Crippen LogP contribution in [0.15, 0.2) is 24.3 Å². The lowest BCUT2D eigenvalue weighted by Gasteiger charge is -2.33. The summed E-state index contributed by atoms with van der Waals surface area (Å²) in [4.78, 5) is 28.9. The third-order valence-corrected chi connectivity index (χ3v) is 6.22. The van der Waals surface area contributed by atoms with Crippen molar-refractivity contribution in [3.8, 4) is 0 Å². The van der Waals surface area contributed by atoms with Crippen LogP contribution in [0.4, 0.5) is 15.1 Å². The van der Waals surface area contributed by atoms with Crippen molar-refractivity contribution >= 4 is 33.9 Å². The molecule has 1 aromatic heterocycles. The van der Waals surface area contributed by atoms with E-state index in [0.29, 0.717) is 17.1 Å². The molecule has 2 N–H and O–H groups in total. The van der Waals surface area contributed by atoms with Crippen molar-refractivity contribution in [2.75, 3.05) is 50.1 Å². The topological polar surface area (TPSA) is 63.1 Å². The molecule has 0 aliphatic carbocycles. The van der Waals surface area contributed by atoms with Crippen LogP contribution in [0, 0.1) is 19.7 Å². The van der Waals surface area contributed by atoms with Crippen molar-refractivity contribution < 1.29 is 23.6 Å². The predicted octanol–water partition coefficient (Wildman–Crippen LogP) is 1.63. The molecule has 0 unspecified atom stereocenters. The van der Waals surface area contributed by atoms with Crippen LogP contribution in [0.25, 0.3) is 0 Å². The summed E-state index contributed by atoms with van der Waals surface area (Å²) in [5, 5.41) is 3.44. The molecular formula is C20H25FN3O3S+. The van der Waals surface area contributed by atoms with Gasteiger partial charge < -0.3 is 19.9 Å². The number of aryl methyl sites for hydroxylation is 1. The third kappa shape index (κ3) is 4.51. The van der Waals surface area contributed by atoms with Gasteiger partial charge in [-0.25, -0.2) is 9.18 Å². The van der Waals surface area contributed by atoms with Gasteiger partial charge in [0.25, 0.3) is 5.91 Å². The quantitative estimate of drug-likeness (QED) is 0.741. The average molecular weight is 407 g/mol. The molecule has 2 aromatic rings. The van der Waals surface area contributed by atoms with Gasteiger partial charge in [0.05, 0.1) is 38.9 Å². The molecule has 28 heavy (non-hydrogen) atoms. The number of carbonyl (C=O) groups is 2. The Balaban J connectivity index is 1.56. The number of methoxy groups -OCH3 is 1. The van der Waals surface area contributed by atoms with Crippen LogP contribution in [0.5, 0.6) is 0 Å². The Morgan fingerprint density at radius 2 is 1.86 bits per heavy atom. The van der Waals surface area contributed by atoms with E-state index in [9.17, 15) is 14.0 Å². The highest BCUT2D eigenvalue weighted by Gasteiger charge is 2.25. The SMILES string of the molecule is COC(=O)c1c(NC(=O)C[NH+]2CCN(c3ccc(F)cc3)CC2)sc(C)c1C. The number of anilines is 2. The van der Waals surface area contributed by atoms with Crippen LogP contribution < -0.4 is 15.1 Å². The fourth-order valence-corrected chi connectivity index (χ4v) is 4.44. The summed E-state index contributed by atoms with van der Waals surface area (Å²) in [6.45, 7) is 7.36. The highest BCUT2D eigenvalue weighted by molar-refractivity contribution is 7.16. The Bertz CT molecular complexity index is 858. The Hall–Kier alpha value is -2.45. The van der Waals surface area contributed by atoms with Crippen molar-refractivity contribution in [3.05, 3.63) is 46.1 Å². The third-order valence-electron chi connectivity index (χ3n) is 5.10.